The molecule has 1 fully saturated rings. The number of hydrogen-bond acceptors (Lipinski definition) is 2. The maximum atomic E-state index is 2.67. The Hall–Kier alpha value is 0.310. The zero-order chi connectivity index (χ0) is 10.1. The Balaban J connectivity index is 2.64. The predicted molar refractivity (Wildman–Crippen MR) is 62.2 cm³/mol. The van der Waals surface area contributed by atoms with E-state index in [1.54, 1.807) is 0 Å². The Labute approximate surface area is 87.3 Å². The summed E-state index contributed by atoms with van der Waals surface area (Å²) in [5.74, 6) is 0. The number of hydrogen-bond donors (Lipinski definition) is 0. The number of rotatable bonds is 2. The normalized spacial score (nSPS) is 27.9. The van der Waals surface area contributed by atoms with Crippen molar-refractivity contribution in [3.8, 4) is 0 Å². The third-order valence-electron chi connectivity index (χ3n) is 3.10. The highest BCUT2D eigenvalue weighted by Gasteiger charge is 2.35. The van der Waals surface area contributed by atoms with Crippen molar-refractivity contribution >= 4 is 11.8 Å². The second-order valence-corrected chi connectivity index (χ2v) is 6.25. The topological polar surface area (TPSA) is 3.24 Å². The zero-order valence-corrected chi connectivity index (χ0v) is 10.4. The van der Waals surface area contributed by atoms with Gasteiger partial charge in [0.15, 0.2) is 0 Å². The highest BCUT2D eigenvalue weighted by molar-refractivity contribution is 7.99. The first kappa shape index (κ1) is 11.4. The molecule has 0 amide bonds. The molecule has 2 atom stereocenters. The average molecular weight is 201 g/mol. The Kier molecular flexibility index (Phi) is 3.70. The Morgan fingerprint density at radius 2 is 2.00 bits per heavy atom. The van der Waals surface area contributed by atoms with E-state index < -0.39 is 0 Å². The highest BCUT2D eigenvalue weighted by atomic mass is 32.2. The van der Waals surface area contributed by atoms with Gasteiger partial charge in [0.25, 0.3) is 0 Å². The SMILES string of the molecule is CSC(C)N1CCCC1C(C)(C)C. The molecule has 1 saturated heterocycles. The predicted octanol–water partition coefficient (Wildman–Crippen LogP) is 3.21. The second-order valence-electron chi connectivity index (χ2n) is 5.10. The van der Waals surface area contributed by atoms with E-state index in [1.807, 2.05) is 11.8 Å². The fourth-order valence-corrected chi connectivity index (χ4v) is 2.81. The minimum atomic E-state index is 0.445. The molecule has 2 unspecified atom stereocenters. The van der Waals surface area contributed by atoms with E-state index in [4.69, 9.17) is 0 Å². The number of likely N-dealkylation sites (tertiary alicyclic amines) is 1. The van der Waals surface area contributed by atoms with Gasteiger partial charge >= 0.3 is 0 Å². The lowest BCUT2D eigenvalue weighted by atomic mass is 9.85. The van der Waals surface area contributed by atoms with Crippen molar-refractivity contribution in [1.29, 1.82) is 0 Å². The van der Waals surface area contributed by atoms with Crippen molar-refractivity contribution in [2.75, 3.05) is 12.8 Å². The summed E-state index contributed by atoms with van der Waals surface area (Å²) in [5, 5.41) is 0.687. The van der Waals surface area contributed by atoms with Crippen LogP contribution in [0.2, 0.25) is 0 Å². The van der Waals surface area contributed by atoms with E-state index in [1.165, 1.54) is 19.4 Å². The summed E-state index contributed by atoms with van der Waals surface area (Å²) in [7, 11) is 0. The highest BCUT2D eigenvalue weighted by Crippen LogP contribution is 2.35. The van der Waals surface area contributed by atoms with E-state index in [0.29, 0.717) is 10.8 Å². The van der Waals surface area contributed by atoms with E-state index in [2.05, 4.69) is 38.9 Å². The van der Waals surface area contributed by atoms with Crippen LogP contribution in [0.3, 0.4) is 0 Å². The molecule has 0 aromatic heterocycles. The lowest BCUT2D eigenvalue weighted by Gasteiger charge is -2.38. The maximum absolute atomic E-state index is 2.67. The quantitative estimate of drug-likeness (QED) is 0.675. The monoisotopic (exact) mass is 201 g/mol. The maximum Gasteiger partial charge on any atom is 0.0528 e. The van der Waals surface area contributed by atoms with Crippen molar-refractivity contribution in [1.82, 2.24) is 4.90 Å². The molecule has 0 aromatic rings. The molecular formula is C11H23NS. The van der Waals surface area contributed by atoms with Crippen LogP contribution in [-0.2, 0) is 0 Å². The molecule has 0 spiro atoms. The zero-order valence-electron chi connectivity index (χ0n) is 9.63. The summed E-state index contributed by atoms with van der Waals surface area (Å²) in [6.45, 7) is 10.7. The van der Waals surface area contributed by atoms with Crippen LogP contribution >= 0.6 is 11.8 Å². The van der Waals surface area contributed by atoms with Crippen LogP contribution < -0.4 is 0 Å². The van der Waals surface area contributed by atoms with E-state index in [0.717, 1.165) is 6.04 Å². The third kappa shape index (κ3) is 2.63. The molecule has 78 valence electrons. The first-order chi connectivity index (χ1) is 5.96. The molecule has 1 rings (SSSR count). The van der Waals surface area contributed by atoms with Gasteiger partial charge in [-0.25, -0.2) is 0 Å². The van der Waals surface area contributed by atoms with Crippen LogP contribution in [0.15, 0.2) is 0 Å². The standard InChI is InChI=1S/C11H23NS/c1-9(13-5)12-8-6-7-10(12)11(2,3)4/h9-10H,6-8H2,1-5H3. The van der Waals surface area contributed by atoms with Crippen LogP contribution in [0.25, 0.3) is 0 Å². The average Bonchev–Trinajstić information content (AvgIpc) is 2.49. The summed E-state index contributed by atoms with van der Waals surface area (Å²) in [6, 6.07) is 0.787. The van der Waals surface area contributed by atoms with Crippen LogP contribution in [0.5, 0.6) is 0 Å². The smallest absolute Gasteiger partial charge is 0.0528 e. The molecule has 1 aliphatic rings. The van der Waals surface area contributed by atoms with Crippen molar-refractivity contribution in [3.63, 3.8) is 0 Å². The lowest BCUT2D eigenvalue weighted by Crippen LogP contribution is -2.42. The first-order valence-electron chi connectivity index (χ1n) is 5.25. The minimum Gasteiger partial charge on any atom is -0.288 e. The van der Waals surface area contributed by atoms with Gasteiger partial charge in [0.2, 0.25) is 0 Å². The van der Waals surface area contributed by atoms with Gasteiger partial charge in [-0.1, -0.05) is 20.8 Å². The number of thioether (sulfide) groups is 1. The molecule has 0 saturated carbocycles. The molecule has 1 aliphatic heterocycles. The van der Waals surface area contributed by atoms with E-state index in [-0.39, 0.29) is 0 Å². The molecule has 1 heterocycles. The third-order valence-corrected chi connectivity index (χ3v) is 4.06. The second kappa shape index (κ2) is 4.22. The molecule has 0 aromatic carbocycles. The molecule has 0 bridgehead atoms. The van der Waals surface area contributed by atoms with Crippen molar-refractivity contribution < 1.29 is 0 Å². The fourth-order valence-electron chi connectivity index (χ4n) is 2.29. The van der Waals surface area contributed by atoms with Gasteiger partial charge in [-0.05, 0) is 38.0 Å². The Morgan fingerprint density at radius 3 is 2.46 bits per heavy atom. The molecular weight excluding hydrogens is 178 g/mol. The van der Waals surface area contributed by atoms with Gasteiger partial charge in [0.05, 0.1) is 5.37 Å². The summed E-state index contributed by atoms with van der Waals surface area (Å²) in [4.78, 5) is 2.67. The van der Waals surface area contributed by atoms with E-state index in [9.17, 15) is 0 Å². The van der Waals surface area contributed by atoms with Crippen molar-refractivity contribution in [2.45, 2.75) is 52.0 Å². The molecule has 13 heavy (non-hydrogen) atoms. The number of nitrogens with zero attached hydrogens (tertiary/aromatic N) is 1. The molecule has 0 radical (unpaired) electrons. The van der Waals surface area contributed by atoms with Crippen molar-refractivity contribution in [2.24, 2.45) is 5.41 Å². The van der Waals surface area contributed by atoms with Gasteiger partial charge in [-0.15, -0.1) is 11.8 Å². The summed E-state index contributed by atoms with van der Waals surface area (Å²) in [5.41, 5.74) is 0.445. The molecule has 0 aliphatic carbocycles. The minimum absolute atomic E-state index is 0.445. The molecule has 2 heteroatoms. The van der Waals surface area contributed by atoms with Gasteiger partial charge in [0.1, 0.15) is 0 Å². The first-order valence-corrected chi connectivity index (χ1v) is 6.54. The van der Waals surface area contributed by atoms with Gasteiger partial charge in [-0.3, -0.25) is 4.90 Å². The fraction of sp³-hybridized carbons (Fsp3) is 1.00. The lowest BCUT2D eigenvalue weighted by molar-refractivity contribution is 0.136. The van der Waals surface area contributed by atoms with Crippen molar-refractivity contribution in [3.05, 3.63) is 0 Å². The largest absolute Gasteiger partial charge is 0.288 e. The van der Waals surface area contributed by atoms with Gasteiger partial charge in [-0.2, -0.15) is 0 Å². The van der Waals surface area contributed by atoms with Crippen LogP contribution in [-0.4, -0.2) is 29.1 Å². The molecule has 0 N–H and O–H groups in total. The van der Waals surface area contributed by atoms with E-state index >= 15 is 0 Å². The van der Waals surface area contributed by atoms with Crippen LogP contribution in [0.1, 0.15) is 40.5 Å². The summed E-state index contributed by atoms with van der Waals surface area (Å²) in [6.07, 6.45) is 4.98. The van der Waals surface area contributed by atoms with Gasteiger partial charge < -0.3 is 0 Å². The van der Waals surface area contributed by atoms with Gasteiger partial charge in [0, 0.05) is 6.04 Å². The summed E-state index contributed by atoms with van der Waals surface area (Å²) < 4.78 is 0. The Bertz CT molecular complexity index is 162. The summed E-state index contributed by atoms with van der Waals surface area (Å²) >= 11 is 1.97. The van der Waals surface area contributed by atoms with Crippen LogP contribution in [0, 0.1) is 5.41 Å². The Morgan fingerprint density at radius 1 is 1.38 bits per heavy atom. The molecule has 1 nitrogen and oxygen atoms in total. The van der Waals surface area contributed by atoms with Crippen LogP contribution in [0.4, 0.5) is 0 Å².